The van der Waals surface area contributed by atoms with Crippen molar-refractivity contribution >= 4 is 11.7 Å². The molecule has 1 aromatic heterocycles. The van der Waals surface area contributed by atoms with Crippen molar-refractivity contribution < 1.29 is 18.3 Å². The maximum atomic E-state index is 13.7. The fourth-order valence-electron chi connectivity index (χ4n) is 1.61. The number of ether oxygens (including phenoxy) is 1. The highest BCUT2D eigenvalue weighted by Gasteiger charge is 2.18. The van der Waals surface area contributed by atoms with Gasteiger partial charge in [0.2, 0.25) is 0 Å². The Labute approximate surface area is 113 Å². The molecule has 0 aliphatic heterocycles. The second-order valence-electron chi connectivity index (χ2n) is 3.87. The van der Waals surface area contributed by atoms with Gasteiger partial charge in [-0.3, -0.25) is 4.68 Å². The third-order valence-corrected chi connectivity index (χ3v) is 2.62. The molecule has 1 N–H and O–H groups in total. The number of esters is 1. The quantitative estimate of drug-likeness (QED) is 0.841. The van der Waals surface area contributed by atoms with Gasteiger partial charge in [0, 0.05) is 12.7 Å². The maximum absolute atomic E-state index is 13.7. The number of nitrogens with one attached hydrogen (secondary N) is 1. The molecule has 2 aromatic rings. The number of aromatic nitrogens is 3. The lowest BCUT2D eigenvalue weighted by Crippen LogP contribution is -2.13. The van der Waals surface area contributed by atoms with Crippen molar-refractivity contribution in [2.24, 2.45) is 0 Å². The summed E-state index contributed by atoms with van der Waals surface area (Å²) in [6.07, 6.45) is 3.17. The van der Waals surface area contributed by atoms with Crippen molar-refractivity contribution in [1.29, 1.82) is 0 Å². The highest BCUT2D eigenvalue weighted by Crippen LogP contribution is 2.21. The minimum atomic E-state index is -1.23. The Morgan fingerprint density at radius 2 is 2.20 bits per heavy atom. The van der Waals surface area contributed by atoms with E-state index in [0.717, 1.165) is 7.11 Å². The molecule has 1 aromatic carbocycles. The molecular formula is C12H12F2N4O2. The van der Waals surface area contributed by atoms with Gasteiger partial charge in [-0.15, -0.1) is 5.10 Å². The largest absolute Gasteiger partial charge is 0.465 e. The van der Waals surface area contributed by atoms with Crippen molar-refractivity contribution in [1.82, 2.24) is 15.0 Å². The van der Waals surface area contributed by atoms with E-state index in [1.165, 1.54) is 18.3 Å². The lowest BCUT2D eigenvalue weighted by Gasteiger charge is -2.09. The summed E-state index contributed by atoms with van der Waals surface area (Å²) in [5, 5.41) is 10.1. The number of hydrogen-bond donors (Lipinski definition) is 1. The molecule has 0 saturated heterocycles. The minimum absolute atomic E-state index is 0.0322. The first-order chi connectivity index (χ1) is 9.63. The summed E-state index contributed by atoms with van der Waals surface area (Å²) in [5.41, 5.74) is -0.470. The van der Waals surface area contributed by atoms with Gasteiger partial charge in [-0.05, 0) is 12.1 Å². The number of halogens is 2. The molecule has 0 fully saturated rings. The Hall–Kier alpha value is -2.51. The third kappa shape index (κ3) is 2.90. The van der Waals surface area contributed by atoms with Gasteiger partial charge >= 0.3 is 5.97 Å². The van der Waals surface area contributed by atoms with Crippen LogP contribution >= 0.6 is 0 Å². The summed E-state index contributed by atoms with van der Waals surface area (Å²) < 4.78 is 33.3. The first-order valence-corrected chi connectivity index (χ1v) is 5.77. The molecule has 0 radical (unpaired) electrons. The number of rotatable bonds is 5. The van der Waals surface area contributed by atoms with Crippen molar-refractivity contribution in [3.63, 3.8) is 0 Å². The third-order valence-electron chi connectivity index (χ3n) is 2.62. The molecule has 6 nitrogen and oxygen atoms in total. The van der Waals surface area contributed by atoms with Crippen LogP contribution in [0.4, 0.5) is 14.5 Å². The number of carbonyl (C=O) groups excluding carboxylic acids is 1. The molecule has 0 atom stereocenters. The van der Waals surface area contributed by atoms with Gasteiger partial charge in [0.05, 0.1) is 31.1 Å². The van der Waals surface area contributed by atoms with Gasteiger partial charge in [-0.1, -0.05) is 5.21 Å². The number of benzene rings is 1. The smallest absolute Gasteiger partial charge is 0.340 e. The molecule has 1 heterocycles. The first-order valence-electron chi connectivity index (χ1n) is 5.77. The average Bonchev–Trinajstić information content (AvgIpc) is 2.96. The Morgan fingerprint density at radius 1 is 1.40 bits per heavy atom. The van der Waals surface area contributed by atoms with Crippen molar-refractivity contribution in [3.8, 4) is 0 Å². The summed E-state index contributed by atoms with van der Waals surface area (Å²) in [4.78, 5) is 11.2. The van der Waals surface area contributed by atoms with E-state index in [2.05, 4.69) is 20.4 Å². The van der Waals surface area contributed by atoms with Crippen LogP contribution in [0.3, 0.4) is 0 Å². The van der Waals surface area contributed by atoms with Crippen LogP contribution in [0.25, 0.3) is 0 Å². The molecule has 2 rings (SSSR count). The van der Waals surface area contributed by atoms with Crippen LogP contribution < -0.4 is 5.32 Å². The van der Waals surface area contributed by atoms with E-state index in [0.29, 0.717) is 13.1 Å². The summed E-state index contributed by atoms with van der Waals surface area (Å²) >= 11 is 0. The van der Waals surface area contributed by atoms with Crippen LogP contribution in [0.5, 0.6) is 0 Å². The zero-order valence-electron chi connectivity index (χ0n) is 10.6. The fraction of sp³-hybridized carbons (Fsp3) is 0.250. The van der Waals surface area contributed by atoms with Crippen molar-refractivity contribution in [2.45, 2.75) is 6.54 Å². The van der Waals surface area contributed by atoms with E-state index in [1.54, 1.807) is 10.9 Å². The Balaban J connectivity index is 2.05. The SMILES string of the molecule is COC(=O)c1ccc(NCCn2ccnn2)c(F)c1F. The number of nitrogens with zero attached hydrogens (tertiary/aromatic N) is 3. The molecule has 0 saturated carbocycles. The number of methoxy groups -OCH3 is 1. The normalized spacial score (nSPS) is 10.3. The van der Waals surface area contributed by atoms with Gasteiger partial charge in [-0.25, -0.2) is 13.6 Å². The number of anilines is 1. The lowest BCUT2D eigenvalue weighted by atomic mass is 10.2. The van der Waals surface area contributed by atoms with Crippen LogP contribution in [0, 0.1) is 11.6 Å². The summed E-state index contributed by atoms with van der Waals surface area (Å²) in [7, 11) is 1.10. The van der Waals surface area contributed by atoms with Crippen LogP contribution in [0.1, 0.15) is 10.4 Å². The molecule has 0 bridgehead atoms. The van der Waals surface area contributed by atoms with Crippen molar-refractivity contribution in [3.05, 3.63) is 41.7 Å². The highest BCUT2D eigenvalue weighted by atomic mass is 19.2. The summed E-state index contributed by atoms with van der Waals surface area (Å²) in [6, 6.07) is 2.45. The van der Waals surface area contributed by atoms with E-state index < -0.39 is 23.2 Å². The minimum Gasteiger partial charge on any atom is -0.465 e. The predicted octanol–water partition coefficient (Wildman–Crippen LogP) is 1.45. The highest BCUT2D eigenvalue weighted by molar-refractivity contribution is 5.90. The maximum Gasteiger partial charge on any atom is 0.340 e. The molecule has 0 amide bonds. The van der Waals surface area contributed by atoms with E-state index >= 15 is 0 Å². The molecule has 20 heavy (non-hydrogen) atoms. The van der Waals surface area contributed by atoms with Crippen LogP contribution in [0.15, 0.2) is 24.5 Å². The monoisotopic (exact) mass is 282 g/mol. The fourth-order valence-corrected chi connectivity index (χ4v) is 1.61. The number of carbonyl (C=O) groups is 1. The standard InChI is InChI=1S/C12H12F2N4O2/c1-20-12(19)8-2-3-9(11(14)10(8)13)15-4-6-18-7-5-16-17-18/h2-3,5,7,15H,4,6H2,1H3. The Morgan fingerprint density at radius 3 is 2.85 bits per heavy atom. The van der Waals surface area contributed by atoms with Crippen LogP contribution in [-0.4, -0.2) is 34.6 Å². The van der Waals surface area contributed by atoms with Gasteiger partial charge in [-0.2, -0.15) is 0 Å². The van der Waals surface area contributed by atoms with Gasteiger partial charge in [0.1, 0.15) is 0 Å². The van der Waals surface area contributed by atoms with E-state index in [9.17, 15) is 13.6 Å². The average molecular weight is 282 g/mol. The van der Waals surface area contributed by atoms with Crippen LogP contribution in [0.2, 0.25) is 0 Å². The summed E-state index contributed by atoms with van der Waals surface area (Å²) in [6.45, 7) is 0.775. The molecule has 0 aliphatic carbocycles. The molecular weight excluding hydrogens is 270 g/mol. The summed E-state index contributed by atoms with van der Waals surface area (Å²) in [5.74, 6) is -3.27. The van der Waals surface area contributed by atoms with Gasteiger partial charge in [0.25, 0.3) is 0 Å². The number of hydrogen-bond acceptors (Lipinski definition) is 5. The van der Waals surface area contributed by atoms with E-state index in [-0.39, 0.29) is 5.69 Å². The van der Waals surface area contributed by atoms with E-state index in [1.807, 2.05) is 0 Å². The molecule has 8 heteroatoms. The van der Waals surface area contributed by atoms with E-state index in [4.69, 9.17) is 0 Å². The second-order valence-corrected chi connectivity index (χ2v) is 3.87. The topological polar surface area (TPSA) is 69.0 Å². The van der Waals surface area contributed by atoms with Gasteiger partial charge < -0.3 is 10.1 Å². The Bertz CT molecular complexity index is 602. The Kier molecular flexibility index (Phi) is 4.24. The molecule has 0 unspecified atom stereocenters. The zero-order valence-corrected chi connectivity index (χ0v) is 10.6. The van der Waals surface area contributed by atoms with Crippen LogP contribution in [-0.2, 0) is 11.3 Å². The molecule has 0 aliphatic rings. The predicted molar refractivity (Wildman–Crippen MR) is 66.2 cm³/mol. The second kappa shape index (κ2) is 6.09. The first kappa shape index (κ1) is 13.9. The zero-order chi connectivity index (χ0) is 14.5. The molecule has 106 valence electrons. The lowest BCUT2D eigenvalue weighted by molar-refractivity contribution is 0.0594. The molecule has 0 spiro atoms. The van der Waals surface area contributed by atoms with Gasteiger partial charge in [0.15, 0.2) is 11.6 Å². The van der Waals surface area contributed by atoms with Crippen molar-refractivity contribution in [2.75, 3.05) is 19.0 Å².